The zero-order valence-electron chi connectivity index (χ0n) is 15.5. The van der Waals surface area contributed by atoms with Gasteiger partial charge in [0.05, 0.1) is 34.0 Å². The Hall–Kier alpha value is -3.65. The second kappa shape index (κ2) is 6.46. The molecule has 0 atom stereocenters. The molecular formula is C21H17N5O2S. The van der Waals surface area contributed by atoms with E-state index in [2.05, 4.69) is 19.7 Å². The van der Waals surface area contributed by atoms with Gasteiger partial charge in [0.2, 0.25) is 10.0 Å². The smallest absolute Gasteiger partial charge is 0.229 e. The lowest BCUT2D eigenvalue weighted by molar-refractivity contribution is 0.607. The summed E-state index contributed by atoms with van der Waals surface area (Å²) in [7, 11) is -3.34. The molecular weight excluding hydrogens is 386 g/mol. The minimum Gasteiger partial charge on any atom is -0.338 e. The Bertz CT molecular complexity index is 1430. The van der Waals surface area contributed by atoms with E-state index in [9.17, 15) is 8.42 Å². The Balaban J connectivity index is 1.62. The van der Waals surface area contributed by atoms with Crippen LogP contribution in [0.15, 0.2) is 66.7 Å². The van der Waals surface area contributed by atoms with E-state index in [4.69, 9.17) is 4.98 Å². The minimum absolute atomic E-state index is 0.487. The predicted molar refractivity (Wildman–Crippen MR) is 115 cm³/mol. The molecule has 0 unspecified atom stereocenters. The number of para-hydroxylation sites is 2. The number of fused-ring (bicyclic) bond motifs is 2. The topological polar surface area (TPSA) is 104 Å². The maximum atomic E-state index is 11.5. The van der Waals surface area contributed by atoms with Crippen LogP contribution >= 0.6 is 0 Å². The van der Waals surface area contributed by atoms with Gasteiger partial charge in [-0.3, -0.25) is 4.72 Å². The highest BCUT2D eigenvalue weighted by Gasteiger charge is 2.14. The van der Waals surface area contributed by atoms with Crippen LogP contribution < -0.4 is 4.72 Å². The molecule has 0 radical (unpaired) electrons. The number of aromatic amines is 2. The van der Waals surface area contributed by atoms with E-state index in [1.54, 1.807) is 18.2 Å². The van der Waals surface area contributed by atoms with Gasteiger partial charge in [-0.1, -0.05) is 36.4 Å². The van der Waals surface area contributed by atoms with Crippen molar-refractivity contribution < 1.29 is 8.42 Å². The number of hydrogen-bond donors (Lipinski definition) is 3. The van der Waals surface area contributed by atoms with Gasteiger partial charge in [-0.25, -0.2) is 18.4 Å². The summed E-state index contributed by atoms with van der Waals surface area (Å²) < 4.78 is 25.5. The van der Waals surface area contributed by atoms with Gasteiger partial charge in [0.25, 0.3) is 0 Å². The highest BCUT2D eigenvalue weighted by molar-refractivity contribution is 7.92. The Morgan fingerprint density at radius 3 is 2.00 bits per heavy atom. The Labute approximate surface area is 166 Å². The Kier molecular flexibility index (Phi) is 3.88. The predicted octanol–water partition coefficient (Wildman–Crippen LogP) is 4.14. The standard InChI is InChI=1S/C21H17N5O2S/c1-29(27,28)26-13-10-11-18-19(12-13)25-21(24-18)15-7-3-2-6-14(15)20-22-16-8-4-5-9-17(16)23-20/h2-12,26H,1H3,(H,22,23)(H,24,25). The summed E-state index contributed by atoms with van der Waals surface area (Å²) in [5, 5.41) is 0. The molecule has 0 aliphatic heterocycles. The van der Waals surface area contributed by atoms with Crippen LogP contribution in [-0.4, -0.2) is 34.6 Å². The first-order chi connectivity index (χ1) is 14.0. The third kappa shape index (κ3) is 3.34. The van der Waals surface area contributed by atoms with Crippen molar-refractivity contribution in [2.24, 2.45) is 0 Å². The van der Waals surface area contributed by atoms with Crippen LogP contribution in [0.3, 0.4) is 0 Å². The maximum Gasteiger partial charge on any atom is 0.229 e. The van der Waals surface area contributed by atoms with E-state index in [0.717, 1.165) is 45.3 Å². The Morgan fingerprint density at radius 2 is 1.34 bits per heavy atom. The van der Waals surface area contributed by atoms with Crippen molar-refractivity contribution in [3.05, 3.63) is 66.7 Å². The van der Waals surface area contributed by atoms with E-state index in [1.165, 1.54) is 0 Å². The van der Waals surface area contributed by atoms with E-state index >= 15 is 0 Å². The van der Waals surface area contributed by atoms with Crippen molar-refractivity contribution >= 4 is 37.8 Å². The molecule has 29 heavy (non-hydrogen) atoms. The van der Waals surface area contributed by atoms with Crippen molar-refractivity contribution in [3.63, 3.8) is 0 Å². The molecule has 0 aliphatic carbocycles. The number of hydrogen-bond acceptors (Lipinski definition) is 4. The number of nitrogens with one attached hydrogen (secondary N) is 3. The average molecular weight is 403 g/mol. The van der Waals surface area contributed by atoms with Gasteiger partial charge in [-0.05, 0) is 30.3 Å². The number of anilines is 1. The van der Waals surface area contributed by atoms with Crippen LogP contribution in [0.4, 0.5) is 5.69 Å². The first kappa shape index (κ1) is 17.4. The third-order valence-corrected chi connectivity index (χ3v) is 5.22. The fourth-order valence-corrected chi connectivity index (χ4v) is 3.95. The molecule has 0 aliphatic rings. The van der Waals surface area contributed by atoms with Gasteiger partial charge in [0.1, 0.15) is 11.6 Å². The molecule has 0 amide bonds. The van der Waals surface area contributed by atoms with Gasteiger partial charge in [-0.15, -0.1) is 0 Å². The lowest BCUT2D eigenvalue weighted by Gasteiger charge is -2.04. The highest BCUT2D eigenvalue weighted by Crippen LogP contribution is 2.31. The zero-order chi connectivity index (χ0) is 20.0. The molecule has 0 saturated carbocycles. The largest absolute Gasteiger partial charge is 0.338 e. The van der Waals surface area contributed by atoms with Crippen molar-refractivity contribution in [1.82, 2.24) is 19.9 Å². The van der Waals surface area contributed by atoms with Crippen molar-refractivity contribution in [3.8, 4) is 22.8 Å². The number of sulfonamides is 1. The summed E-state index contributed by atoms with van der Waals surface area (Å²) in [5.74, 6) is 1.45. The summed E-state index contributed by atoms with van der Waals surface area (Å²) in [6.45, 7) is 0. The van der Waals surface area contributed by atoms with Crippen LogP contribution in [0.1, 0.15) is 0 Å². The molecule has 5 rings (SSSR count). The number of nitrogens with zero attached hydrogens (tertiary/aromatic N) is 2. The van der Waals surface area contributed by atoms with E-state index < -0.39 is 10.0 Å². The lowest BCUT2D eigenvalue weighted by Crippen LogP contribution is -2.09. The van der Waals surface area contributed by atoms with Gasteiger partial charge < -0.3 is 9.97 Å². The maximum absolute atomic E-state index is 11.5. The normalized spacial score (nSPS) is 11.9. The Morgan fingerprint density at radius 1 is 0.759 bits per heavy atom. The lowest BCUT2D eigenvalue weighted by atomic mass is 10.1. The molecule has 0 saturated heterocycles. The van der Waals surface area contributed by atoms with Crippen LogP contribution in [0.5, 0.6) is 0 Å². The van der Waals surface area contributed by atoms with Gasteiger partial charge in [0, 0.05) is 11.1 Å². The number of rotatable bonds is 4. The SMILES string of the molecule is CS(=O)(=O)Nc1ccc2nc(-c3ccccc3-c3nc4ccccc4[nH]3)[nH]c2c1. The number of benzene rings is 3. The second-order valence-electron chi connectivity index (χ2n) is 6.84. The van der Waals surface area contributed by atoms with Crippen LogP contribution in [0.2, 0.25) is 0 Å². The average Bonchev–Trinajstić information content (AvgIpc) is 3.30. The molecule has 144 valence electrons. The summed E-state index contributed by atoms with van der Waals surface area (Å²) >= 11 is 0. The summed E-state index contributed by atoms with van der Waals surface area (Å²) in [4.78, 5) is 16.0. The van der Waals surface area contributed by atoms with Gasteiger partial charge >= 0.3 is 0 Å². The quantitative estimate of drug-likeness (QED) is 0.419. The van der Waals surface area contributed by atoms with Crippen LogP contribution in [0, 0.1) is 0 Å². The highest BCUT2D eigenvalue weighted by atomic mass is 32.2. The number of H-pyrrole nitrogens is 2. The number of aromatic nitrogens is 4. The molecule has 0 spiro atoms. The van der Waals surface area contributed by atoms with Gasteiger partial charge in [0.15, 0.2) is 0 Å². The molecule has 7 nitrogen and oxygen atoms in total. The van der Waals surface area contributed by atoms with Gasteiger partial charge in [-0.2, -0.15) is 0 Å². The first-order valence-corrected chi connectivity index (χ1v) is 10.9. The first-order valence-electron chi connectivity index (χ1n) is 8.98. The van der Waals surface area contributed by atoms with Crippen molar-refractivity contribution in [1.29, 1.82) is 0 Å². The number of imidazole rings is 2. The molecule has 2 aromatic heterocycles. The van der Waals surface area contributed by atoms with Crippen molar-refractivity contribution in [2.45, 2.75) is 0 Å². The van der Waals surface area contributed by atoms with Crippen molar-refractivity contribution in [2.75, 3.05) is 11.0 Å². The fourth-order valence-electron chi connectivity index (χ4n) is 3.39. The summed E-state index contributed by atoms with van der Waals surface area (Å²) in [6, 6.07) is 21.0. The molecule has 5 aromatic rings. The van der Waals surface area contributed by atoms with Crippen LogP contribution in [-0.2, 0) is 10.0 Å². The molecule has 8 heteroatoms. The molecule has 3 N–H and O–H groups in total. The molecule has 2 heterocycles. The summed E-state index contributed by atoms with van der Waals surface area (Å²) in [6.07, 6.45) is 1.12. The van der Waals surface area contributed by atoms with E-state index in [-0.39, 0.29) is 0 Å². The molecule has 3 aromatic carbocycles. The minimum atomic E-state index is -3.34. The zero-order valence-corrected chi connectivity index (χ0v) is 16.3. The molecule has 0 fully saturated rings. The second-order valence-corrected chi connectivity index (χ2v) is 8.59. The van der Waals surface area contributed by atoms with Crippen LogP contribution in [0.25, 0.3) is 44.8 Å². The van der Waals surface area contributed by atoms with E-state index in [1.807, 2.05) is 48.5 Å². The third-order valence-electron chi connectivity index (χ3n) is 4.61. The molecule has 0 bridgehead atoms. The summed E-state index contributed by atoms with van der Waals surface area (Å²) in [5.41, 5.74) is 5.68. The van der Waals surface area contributed by atoms with E-state index in [0.29, 0.717) is 11.5 Å². The monoisotopic (exact) mass is 403 g/mol. The fraction of sp³-hybridized carbons (Fsp3) is 0.0476.